The van der Waals surface area contributed by atoms with Gasteiger partial charge in [0.05, 0.1) is 11.6 Å². The van der Waals surface area contributed by atoms with Crippen molar-refractivity contribution in [3.8, 4) is 5.75 Å². The minimum atomic E-state index is -0.633. The third-order valence-electron chi connectivity index (χ3n) is 4.80. The number of furan rings is 1. The van der Waals surface area contributed by atoms with Crippen LogP contribution < -0.4 is 20.7 Å². The molecule has 2 unspecified atom stereocenters. The number of carbonyl (C=O) groups is 2. The second-order valence-corrected chi connectivity index (χ2v) is 8.20. The summed E-state index contributed by atoms with van der Waals surface area (Å²) in [6.45, 7) is 1.31. The van der Waals surface area contributed by atoms with Gasteiger partial charge < -0.3 is 24.9 Å². The van der Waals surface area contributed by atoms with Crippen molar-refractivity contribution in [3.63, 3.8) is 0 Å². The zero-order valence-electron chi connectivity index (χ0n) is 16.7. The van der Waals surface area contributed by atoms with Crippen molar-refractivity contribution in [3.05, 3.63) is 60.4 Å². The summed E-state index contributed by atoms with van der Waals surface area (Å²) in [5.41, 5.74) is 2.65. The maximum absolute atomic E-state index is 11.6. The van der Waals surface area contributed by atoms with Gasteiger partial charge in [0.15, 0.2) is 5.37 Å². The Kier molecular flexibility index (Phi) is 6.76. The summed E-state index contributed by atoms with van der Waals surface area (Å²) in [5.74, 6) is 0.365. The van der Waals surface area contributed by atoms with Crippen LogP contribution in [0.15, 0.2) is 59.2 Å². The van der Waals surface area contributed by atoms with E-state index in [1.54, 1.807) is 6.26 Å². The summed E-state index contributed by atoms with van der Waals surface area (Å²) in [5, 5.41) is 18.6. The number of fused-ring (bicyclic) bond motifs is 1. The van der Waals surface area contributed by atoms with Crippen LogP contribution in [0.1, 0.15) is 5.56 Å². The summed E-state index contributed by atoms with van der Waals surface area (Å²) >= 11 is 0.936. The fraction of sp³-hybridized carbons (Fsp3) is 0.273. The van der Waals surface area contributed by atoms with Crippen LogP contribution in [0.5, 0.6) is 5.75 Å². The Bertz CT molecular complexity index is 1050. The lowest BCUT2D eigenvalue weighted by Crippen LogP contribution is -2.32. The minimum absolute atomic E-state index is 0.187. The fourth-order valence-corrected chi connectivity index (χ4v) is 3.94. The fourth-order valence-electron chi connectivity index (χ4n) is 3.21. The van der Waals surface area contributed by atoms with Crippen LogP contribution in [0, 0.1) is 0 Å². The van der Waals surface area contributed by atoms with E-state index in [0.717, 1.165) is 40.4 Å². The summed E-state index contributed by atoms with van der Waals surface area (Å²) in [7, 11) is 0. The van der Waals surface area contributed by atoms with Crippen molar-refractivity contribution >= 4 is 39.6 Å². The second-order valence-electron chi connectivity index (χ2n) is 7.12. The molecular weight excluding hydrogens is 418 g/mol. The summed E-state index contributed by atoms with van der Waals surface area (Å²) in [6, 6.07) is 15.1. The van der Waals surface area contributed by atoms with Gasteiger partial charge in [0.1, 0.15) is 24.0 Å². The molecule has 0 bridgehead atoms. The molecule has 2 amide bonds. The number of carbonyl (C=O) groups excluding carboxylic acids is 2. The number of ether oxygens (including phenoxy) is 1. The van der Waals surface area contributed by atoms with E-state index in [1.165, 1.54) is 0 Å². The zero-order valence-corrected chi connectivity index (χ0v) is 17.5. The second kappa shape index (κ2) is 9.86. The smallest absolute Gasteiger partial charge is 0.288 e. The van der Waals surface area contributed by atoms with Crippen molar-refractivity contribution in [1.29, 1.82) is 0 Å². The summed E-state index contributed by atoms with van der Waals surface area (Å²) < 4.78 is 11.1. The molecule has 4 rings (SSSR count). The number of aliphatic hydroxyl groups is 1. The Morgan fingerprint density at radius 2 is 2.00 bits per heavy atom. The molecule has 9 heteroatoms. The van der Waals surface area contributed by atoms with Gasteiger partial charge >= 0.3 is 0 Å². The number of anilines is 1. The molecule has 0 radical (unpaired) electrons. The SMILES string of the molecule is O=C1NC(=O)C(Nc2ccc(CCNCC(O)COc3cccc4occc34)cc2)S1. The Hall–Kier alpha value is -3.01. The molecule has 0 aliphatic carbocycles. The number of aliphatic hydroxyl groups excluding tert-OH is 1. The number of thioether (sulfide) groups is 1. The summed E-state index contributed by atoms with van der Waals surface area (Å²) in [6.07, 6.45) is 1.77. The lowest BCUT2D eigenvalue weighted by atomic mass is 10.1. The van der Waals surface area contributed by atoms with Crippen LogP contribution in [-0.4, -0.2) is 47.4 Å². The minimum Gasteiger partial charge on any atom is -0.490 e. The van der Waals surface area contributed by atoms with Crippen LogP contribution >= 0.6 is 11.8 Å². The molecule has 2 aromatic carbocycles. The zero-order chi connectivity index (χ0) is 21.6. The number of benzene rings is 2. The predicted octanol–water partition coefficient (Wildman–Crippen LogP) is 2.73. The van der Waals surface area contributed by atoms with E-state index < -0.39 is 11.5 Å². The Morgan fingerprint density at radius 1 is 1.16 bits per heavy atom. The molecule has 2 atom stereocenters. The maximum atomic E-state index is 11.6. The average molecular weight is 442 g/mol. The molecule has 162 valence electrons. The van der Waals surface area contributed by atoms with Crippen molar-refractivity contribution in [2.45, 2.75) is 17.9 Å². The quantitative estimate of drug-likeness (QED) is 0.355. The highest BCUT2D eigenvalue weighted by atomic mass is 32.2. The van der Waals surface area contributed by atoms with Gasteiger partial charge in [0.2, 0.25) is 0 Å². The highest BCUT2D eigenvalue weighted by Crippen LogP contribution is 2.26. The number of nitrogens with one attached hydrogen (secondary N) is 3. The lowest BCUT2D eigenvalue weighted by molar-refractivity contribution is -0.118. The molecule has 1 aliphatic heterocycles. The standard InChI is InChI=1S/C22H23N3O5S/c26-16(13-30-19-3-1-2-18-17(19)9-11-29-18)12-23-10-8-14-4-6-15(7-5-14)24-21-20(27)25-22(28)31-21/h1-7,9,11,16,21,23-24,26H,8,10,12-13H2,(H,25,27,28). The Labute approximate surface area is 183 Å². The molecular formula is C22H23N3O5S. The first-order valence-electron chi connectivity index (χ1n) is 9.93. The number of hydrogen-bond acceptors (Lipinski definition) is 8. The molecule has 0 spiro atoms. The van der Waals surface area contributed by atoms with E-state index in [1.807, 2.05) is 48.5 Å². The van der Waals surface area contributed by atoms with Crippen LogP contribution in [-0.2, 0) is 11.2 Å². The van der Waals surface area contributed by atoms with E-state index in [4.69, 9.17) is 9.15 Å². The molecule has 1 aromatic heterocycles. The van der Waals surface area contributed by atoms with Crippen molar-refractivity contribution in [2.24, 2.45) is 0 Å². The number of rotatable bonds is 10. The van der Waals surface area contributed by atoms with Crippen molar-refractivity contribution in [1.82, 2.24) is 10.6 Å². The summed E-state index contributed by atoms with van der Waals surface area (Å²) in [4.78, 5) is 22.8. The maximum Gasteiger partial charge on any atom is 0.288 e. The highest BCUT2D eigenvalue weighted by molar-refractivity contribution is 8.15. The lowest BCUT2D eigenvalue weighted by Gasteiger charge is -2.14. The van der Waals surface area contributed by atoms with Gasteiger partial charge in [-0.3, -0.25) is 14.9 Å². The molecule has 2 heterocycles. The van der Waals surface area contributed by atoms with E-state index in [-0.39, 0.29) is 17.8 Å². The predicted molar refractivity (Wildman–Crippen MR) is 119 cm³/mol. The number of amides is 2. The molecule has 0 saturated carbocycles. The largest absolute Gasteiger partial charge is 0.490 e. The van der Waals surface area contributed by atoms with Gasteiger partial charge in [-0.1, -0.05) is 18.2 Å². The van der Waals surface area contributed by atoms with Gasteiger partial charge in [-0.05, 0) is 60.6 Å². The topological polar surface area (TPSA) is 113 Å². The average Bonchev–Trinajstić information content (AvgIpc) is 3.37. The van der Waals surface area contributed by atoms with Crippen LogP contribution in [0.3, 0.4) is 0 Å². The molecule has 1 saturated heterocycles. The third-order valence-corrected chi connectivity index (χ3v) is 5.68. The van der Waals surface area contributed by atoms with Gasteiger partial charge in [0.25, 0.3) is 11.1 Å². The number of imide groups is 1. The Morgan fingerprint density at radius 3 is 2.77 bits per heavy atom. The molecule has 31 heavy (non-hydrogen) atoms. The first-order valence-corrected chi connectivity index (χ1v) is 10.8. The van der Waals surface area contributed by atoms with Crippen molar-refractivity contribution < 1.29 is 23.8 Å². The van der Waals surface area contributed by atoms with Crippen molar-refractivity contribution in [2.75, 3.05) is 25.0 Å². The molecule has 3 aromatic rings. The van der Waals surface area contributed by atoms with E-state index in [9.17, 15) is 14.7 Å². The van der Waals surface area contributed by atoms with Crippen LogP contribution in [0.2, 0.25) is 0 Å². The van der Waals surface area contributed by atoms with Crippen LogP contribution in [0.25, 0.3) is 11.0 Å². The highest BCUT2D eigenvalue weighted by Gasteiger charge is 2.31. The molecule has 4 N–H and O–H groups in total. The van der Waals surface area contributed by atoms with Gasteiger partial charge in [-0.15, -0.1) is 0 Å². The first-order chi connectivity index (χ1) is 15.1. The molecule has 1 aliphatic rings. The third kappa shape index (κ3) is 5.57. The van der Waals surface area contributed by atoms with Gasteiger partial charge in [0, 0.05) is 12.2 Å². The normalized spacial score (nSPS) is 17.0. The monoisotopic (exact) mass is 441 g/mol. The van der Waals surface area contributed by atoms with E-state index in [2.05, 4.69) is 16.0 Å². The van der Waals surface area contributed by atoms with Gasteiger partial charge in [-0.2, -0.15) is 0 Å². The molecule has 8 nitrogen and oxygen atoms in total. The first kappa shape index (κ1) is 21.2. The van der Waals surface area contributed by atoms with Gasteiger partial charge in [-0.25, -0.2) is 0 Å². The number of hydrogen-bond donors (Lipinski definition) is 4. The van der Waals surface area contributed by atoms with E-state index in [0.29, 0.717) is 18.8 Å². The molecule has 1 fully saturated rings. The van der Waals surface area contributed by atoms with E-state index >= 15 is 0 Å². The van der Waals surface area contributed by atoms with Crippen LogP contribution in [0.4, 0.5) is 10.5 Å². The Balaban J connectivity index is 1.15.